The Morgan fingerprint density at radius 1 is 1.18 bits per heavy atom. The molecule has 1 atom stereocenters. The van der Waals surface area contributed by atoms with Crippen molar-refractivity contribution < 1.29 is 14.3 Å². The minimum atomic E-state index is -0.490. The Kier molecular flexibility index (Phi) is 6.12. The highest BCUT2D eigenvalue weighted by molar-refractivity contribution is 6.44. The van der Waals surface area contributed by atoms with Gasteiger partial charge in [-0.15, -0.1) is 0 Å². The first kappa shape index (κ1) is 17.1. The molecule has 0 heterocycles. The molecule has 1 aliphatic carbocycles. The van der Waals surface area contributed by atoms with Gasteiger partial charge in [0.25, 0.3) is 5.91 Å². The van der Waals surface area contributed by atoms with Crippen molar-refractivity contribution in [1.29, 1.82) is 0 Å². The van der Waals surface area contributed by atoms with Gasteiger partial charge in [0.05, 0.1) is 27.2 Å². The number of hydrogen-bond donors (Lipinski definition) is 1. The van der Waals surface area contributed by atoms with Gasteiger partial charge < -0.3 is 10.1 Å². The summed E-state index contributed by atoms with van der Waals surface area (Å²) in [6.45, 7) is -0.369. The van der Waals surface area contributed by atoms with Gasteiger partial charge in [-0.3, -0.25) is 9.59 Å². The summed E-state index contributed by atoms with van der Waals surface area (Å²) in [7, 11) is 0. The molecule has 0 aromatic heterocycles. The van der Waals surface area contributed by atoms with E-state index in [9.17, 15) is 9.59 Å². The number of carbonyl (C=O) groups excluding carboxylic acids is 2. The summed E-state index contributed by atoms with van der Waals surface area (Å²) in [5.74, 6) is -0.678. The van der Waals surface area contributed by atoms with Crippen molar-refractivity contribution >= 4 is 52.4 Å². The number of rotatable bonds is 5. The molecule has 7 heteroatoms. The maximum Gasteiger partial charge on any atom is 0.306 e. The molecule has 0 unspecified atom stereocenters. The van der Waals surface area contributed by atoms with Crippen LogP contribution in [-0.4, -0.2) is 18.5 Å². The summed E-state index contributed by atoms with van der Waals surface area (Å²) in [5, 5.41) is 3.34. The molecule has 0 saturated carbocycles. The third-order valence-corrected chi connectivity index (χ3v) is 4.22. The number of anilines is 1. The fourth-order valence-corrected chi connectivity index (χ4v) is 2.68. The van der Waals surface area contributed by atoms with Crippen LogP contribution < -0.4 is 5.32 Å². The lowest BCUT2D eigenvalue weighted by Gasteiger charge is -2.10. The van der Waals surface area contributed by atoms with E-state index in [0.29, 0.717) is 10.7 Å². The number of nitrogens with one attached hydrogen (secondary N) is 1. The van der Waals surface area contributed by atoms with E-state index in [2.05, 4.69) is 5.32 Å². The molecule has 1 aromatic carbocycles. The molecule has 1 N–H and O–H groups in total. The van der Waals surface area contributed by atoms with Gasteiger partial charge in [0, 0.05) is 0 Å². The van der Waals surface area contributed by atoms with Crippen LogP contribution in [0.3, 0.4) is 0 Å². The molecule has 0 bridgehead atoms. The third kappa shape index (κ3) is 4.90. The number of esters is 1. The van der Waals surface area contributed by atoms with Crippen molar-refractivity contribution in [2.45, 2.75) is 19.3 Å². The first-order chi connectivity index (χ1) is 10.5. The van der Waals surface area contributed by atoms with E-state index < -0.39 is 11.9 Å². The second kappa shape index (κ2) is 7.86. The Hall–Kier alpha value is -1.23. The highest BCUT2D eigenvalue weighted by Crippen LogP contribution is 2.32. The maximum absolute atomic E-state index is 11.8. The van der Waals surface area contributed by atoms with Crippen LogP contribution in [-0.2, 0) is 14.3 Å². The summed E-state index contributed by atoms with van der Waals surface area (Å²) in [6, 6.07) is 2.87. The average Bonchev–Trinajstić information content (AvgIpc) is 2.95. The van der Waals surface area contributed by atoms with Crippen LogP contribution in [0.4, 0.5) is 5.69 Å². The van der Waals surface area contributed by atoms with E-state index in [1.165, 1.54) is 12.1 Å². The standard InChI is InChI=1S/C15H14Cl3NO3/c16-10-6-12(18)13(7-11(10)17)19-14(20)8-22-15(21)5-9-3-1-2-4-9/h1,3,6-7,9H,2,4-5,8H2,(H,19,20)/t9-/m0/s1. The minimum Gasteiger partial charge on any atom is -0.456 e. The Labute approximate surface area is 143 Å². The molecule has 1 aliphatic rings. The molecule has 2 rings (SSSR count). The molecular weight excluding hydrogens is 349 g/mol. The Balaban J connectivity index is 1.81. The molecule has 0 saturated heterocycles. The first-order valence-corrected chi connectivity index (χ1v) is 7.86. The van der Waals surface area contributed by atoms with Crippen LogP contribution >= 0.6 is 34.8 Å². The van der Waals surface area contributed by atoms with E-state index in [4.69, 9.17) is 39.5 Å². The molecule has 0 aliphatic heterocycles. The lowest BCUT2D eigenvalue weighted by atomic mass is 10.1. The average molecular weight is 363 g/mol. The van der Waals surface area contributed by atoms with Crippen molar-refractivity contribution in [3.63, 3.8) is 0 Å². The number of hydrogen-bond acceptors (Lipinski definition) is 3. The minimum absolute atomic E-state index is 0.208. The van der Waals surface area contributed by atoms with E-state index in [1.54, 1.807) is 0 Å². The topological polar surface area (TPSA) is 55.4 Å². The molecule has 118 valence electrons. The van der Waals surface area contributed by atoms with Crippen LogP contribution in [0.5, 0.6) is 0 Å². The number of amides is 1. The van der Waals surface area contributed by atoms with Crippen LogP contribution in [0, 0.1) is 5.92 Å². The molecule has 0 radical (unpaired) electrons. The largest absolute Gasteiger partial charge is 0.456 e. The van der Waals surface area contributed by atoms with Crippen molar-refractivity contribution in [2.24, 2.45) is 5.92 Å². The molecule has 22 heavy (non-hydrogen) atoms. The lowest BCUT2D eigenvalue weighted by Crippen LogP contribution is -2.21. The Morgan fingerprint density at radius 2 is 1.91 bits per heavy atom. The predicted octanol–water partition coefficient (Wildman–Crippen LogP) is 4.48. The van der Waals surface area contributed by atoms with Gasteiger partial charge in [-0.05, 0) is 30.9 Å². The van der Waals surface area contributed by atoms with Crippen LogP contribution in [0.15, 0.2) is 24.3 Å². The van der Waals surface area contributed by atoms with Crippen LogP contribution in [0.2, 0.25) is 15.1 Å². The van der Waals surface area contributed by atoms with E-state index in [0.717, 1.165) is 12.8 Å². The Bertz CT molecular complexity index is 616. The second-order valence-corrected chi connectivity index (χ2v) is 6.15. The Morgan fingerprint density at radius 3 is 2.59 bits per heavy atom. The molecule has 0 spiro atoms. The molecule has 1 aromatic rings. The van der Waals surface area contributed by atoms with Gasteiger partial charge >= 0.3 is 5.97 Å². The van der Waals surface area contributed by atoms with Crippen molar-refractivity contribution in [3.8, 4) is 0 Å². The van der Waals surface area contributed by atoms with Gasteiger partial charge in [0.1, 0.15) is 0 Å². The number of benzene rings is 1. The zero-order valence-electron chi connectivity index (χ0n) is 11.6. The van der Waals surface area contributed by atoms with Gasteiger partial charge in [0.2, 0.25) is 0 Å². The van der Waals surface area contributed by atoms with Gasteiger partial charge in [-0.1, -0.05) is 47.0 Å². The number of ether oxygens (including phenoxy) is 1. The second-order valence-electron chi connectivity index (χ2n) is 4.92. The molecule has 0 fully saturated rings. The van der Waals surface area contributed by atoms with Gasteiger partial charge in [-0.2, -0.15) is 0 Å². The molecular formula is C15H14Cl3NO3. The van der Waals surface area contributed by atoms with Gasteiger partial charge in [0.15, 0.2) is 6.61 Å². The smallest absolute Gasteiger partial charge is 0.306 e. The highest BCUT2D eigenvalue weighted by Gasteiger charge is 2.16. The summed E-state index contributed by atoms with van der Waals surface area (Å²) < 4.78 is 4.94. The van der Waals surface area contributed by atoms with E-state index >= 15 is 0 Å². The predicted molar refractivity (Wildman–Crippen MR) is 87.5 cm³/mol. The lowest BCUT2D eigenvalue weighted by molar-refractivity contribution is -0.147. The zero-order chi connectivity index (χ0) is 16.1. The number of halogens is 3. The number of carbonyl (C=O) groups is 2. The third-order valence-electron chi connectivity index (χ3n) is 3.19. The zero-order valence-corrected chi connectivity index (χ0v) is 13.8. The highest BCUT2D eigenvalue weighted by atomic mass is 35.5. The van der Waals surface area contributed by atoms with Gasteiger partial charge in [-0.25, -0.2) is 0 Å². The van der Waals surface area contributed by atoms with Crippen molar-refractivity contribution in [1.82, 2.24) is 0 Å². The summed E-state index contributed by atoms with van der Waals surface area (Å²) in [4.78, 5) is 23.4. The maximum atomic E-state index is 11.8. The van der Waals surface area contributed by atoms with E-state index in [-0.39, 0.29) is 29.0 Å². The fraction of sp³-hybridized carbons (Fsp3) is 0.333. The van der Waals surface area contributed by atoms with Crippen molar-refractivity contribution in [3.05, 3.63) is 39.4 Å². The molecule has 1 amide bonds. The van der Waals surface area contributed by atoms with Crippen molar-refractivity contribution in [2.75, 3.05) is 11.9 Å². The molecule has 4 nitrogen and oxygen atoms in total. The fourth-order valence-electron chi connectivity index (χ4n) is 2.09. The quantitative estimate of drug-likeness (QED) is 0.477. The SMILES string of the molecule is O=C(COC(=O)C[C@H]1C=CCC1)Nc1cc(Cl)c(Cl)cc1Cl. The summed E-state index contributed by atoms with van der Waals surface area (Å²) >= 11 is 17.6. The first-order valence-electron chi connectivity index (χ1n) is 6.72. The number of allylic oxidation sites excluding steroid dienone is 2. The van der Waals surface area contributed by atoms with Crippen LogP contribution in [0.25, 0.3) is 0 Å². The van der Waals surface area contributed by atoms with Crippen LogP contribution in [0.1, 0.15) is 19.3 Å². The summed E-state index contributed by atoms with van der Waals surface area (Å²) in [5.41, 5.74) is 0.316. The summed E-state index contributed by atoms with van der Waals surface area (Å²) in [6.07, 6.45) is 6.25. The van der Waals surface area contributed by atoms with E-state index in [1.807, 2.05) is 12.2 Å². The normalized spacial score (nSPS) is 16.6. The monoisotopic (exact) mass is 361 g/mol.